The lowest BCUT2D eigenvalue weighted by atomic mass is 9.77. The minimum Gasteiger partial charge on any atom is -0.444 e. The van der Waals surface area contributed by atoms with Gasteiger partial charge in [-0.3, -0.25) is 9.88 Å². The molecule has 3 aromatic rings. The molecular formula is C23H27N3O2. The number of likely N-dealkylation sites (tertiary alicyclic amines) is 1. The fourth-order valence-corrected chi connectivity index (χ4v) is 4.17. The highest BCUT2D eigenvalue weighted by Gasteiger charge is 2.47. The lowest BCUT2D eigenvalue weighted by Crippen LogP contribution is -2.54. The number of benzene rings is 1. The van der Waals surface area contributed by atoms with Gasteiger partial charge in [0.05, 0.1) is 5.69 Å². The maximum atomic E-state index is 13.3. The van der Waals surface area contributed by atoms with E-state index in [1.165, 1.54) is 0 Å². The summed E-state index contributed by atoms with van der Waals surface area (Å²) in [4.78, 5) is 23.1. The Morgan fingerprint density at radius 3 is 2.79 bits per heavy atom. The highest BCUT2D eigenvalue weighted by atomic mass is 16.6. The molecule has 0 spiro atoms. The van der Waals surface area contributed by atoms with Gasteiger partial charge < -0.3 is 9.72 Å². The largest absolute Gasteiger partial charge is 0.444 e. The zero-order chi connectivity index (χ0) is 19.8. The number of aromatic nitrogens is 2. The SMILES string of the molecule is CC(C)(C)OC(=O)N1CCCCC1(c1ccc2[nH]ccc2c1)c1ccccn1. The van der Waals surface area contributed by atoms with Crippen LogP contribution in [0.3, 0.4) is 0 Å². The number of piperidine rings is 1. The van der Waals surface area contributed by atoms with Gasteiger partial charge in [-0.15, -0.1) is 0 Å². The predicted molar refractivity (Wildman–Crippen MR) is 110 cm³/mol. The van der Waals surface area contributed by atoms with E-state index in [9.17, 15) is 4.79 Å². The van der Waals surface area contributed by atoms with Crippen molar-refractivity contribution in [3.63, 3.8) is 0 Å². The Bertz CT molecular complexity index is 974. The summed E-state index contributed by atoms with van der Waals surface area (Å²) in [6.07, 6.45) is 6.26. The molecule has 0 saturated carbocycles. The minimum absolute atomic E-state index is 0.285. The number of H-pyrrole nitrogens is 1. The van der Waals surface area contributed by atoms with Gasteiger partial charge in [0.1, 0.15) is 11.1 Å². The summed E-state index contributed by atoms with van der Waals surface area (Å²) in [5.74, 6) is 0. The molecule has 1 N–H and O–H groups in total. The monoisotopic (exact) mass is 377 g/mol. The van der Waals surface area contributed by atoms with Crippen LogP contribution in [0.5, 0.6) is 0 Å². The van der Waals surface area contributed by atoms with Crippen molar-refractivity contribution >= 4 is 17.0 Å². The van der Waals surface area contributed by atoms with Gasteiger partial charge in [-0.1, -0.05) is 12.1 Å². The third-order valence-corrected chi connectivity index (χ3v) is 5.36. The van der Waals surface area contributed by atoms with Crippen molar-refractivity contribution in [2.75, 3.05) is 6.54 Å². The summed E-state index contributed by atoms with van der Waals surface area (Å²) in [6.45, 7) is 6.37. The van der Waals surface area contributed by atoms with Crippen LogP contribution in [0.25, 0.3) is 10.9 Å². The highest BCUT2D eigenvalue weighted by molar-refractivity contribution is 5.81. The van der Waals surface area contributed by atoms with Crippen molar-refractivity contribution in [1.82, 2.24) is 14.9 Å². The summed E-state index contributed by atoms with van der Waals surface area (Å²) in [6, 6.07) is 14.3. The number of aromatic amines is 1. The van der Waals surface area contributed by atoms with Gasteiger partial charge >= 0.3 is 6.09 Å². The number of hydrogen-bond acceptors (Lipinski definition) is 3. The van der Waals surface area contributed by atoms with Gasteiger partial charge in [0.15, 0.2) is 0 Å². The third kappa shape index (κ3) is 3.26. The van der Waals surface area contributed by atoms with Crippen LogP contribution in [-0.4, -0.2) is 33.1 Å². The molecule has 1 atom stereocenters. The minimum atomic E-state index is -0.632. The molecule has 4 rings (SSSR count). The summed E-state index contributed by atoms with van der Waals surface area (Å²) in [5.41, 5.74) is 1.86. The van der Waals surface area contributed by atoms with E-state index in [4.69, 9.17) is 9.72 Å². The first-order valence-corrected chi connectivity index (χ1v) is 9.90. The number of ether oxygens (including phenoxy) is 1. The zero-order valence-corrected chi connectivity index (χ0v) is 16.7. The summed E-state index contributed by atoms with van der Waals surface area (Å²) >= 11 is 0. The van der Waals surface area contributed by atoms with Gasteiger partial charge in [0.25, 0.3) is 0 Å². The van der Waals surface area contributed by atoms with E-state index in [-0.39, 0.29) is 6.09 Å². The Kier molecular flexibility index (Phi) is 4.61. The van der Waals surface area contributed by atoms with E-state index >= 15 is 0 Å². The number of carbonyl (C=O) groups excluding carboxylic acids is 1. The predicted octanol–water partition coefficient (Wildman–Crippen LogP) is 5.23. The van der Waals surface area contributed by atoms with E-state index in [0.29, 0.717) is 6.54 Å². The fourth-order valence-electron chi connectivity index (χ4n) is 4.17. The van der Waals surface area contributed by atoms with Crippen LogP contribution in [0.2, 0.25) is 0 Å². The Balaban J connectivity index is 1.89. The molecule has 2 aromatic heterocycles. The first kappa shape index (κ1) is 18.5. The molecular weight excluding hydrogens is 350 g/mol. The van der Waals surface area contributed by atoms with E-state index in [1.807, 2.05) is 50.1 Å². The van der Waals surface area contributed by atoms with Crippen LogP contribution in [0.1, 0.15) is 51.3 Å². The van der Waals surface area contributed by atoms with Crippen molar-refractivity contribution < 1.29 is 9.53 Å². The molecule has 1 unspecified atom stereocenters. The standard InChI is InChI=1S/C23H27N3O2/c1-22(2,3)28-21(27)26-15-7-5-12-23(26,20-8-4-6-13-25-20)18-9-10-19-17(16-18)11-14-24-19/h4,6,8-11,13-14,16,24H,5,7,12,15H2,1-3H3. The second kappa shape index (κ2) is 6.97. The second-order valence-electron chi connectivity index (χ2n) is 8.44. The summed E-state index contributed by atoms with van der Waals surface area (Å²) in [5, 5.41) is 1.13. The second-order valence-corrected chi connectivity index (χ2v) is 8.44. The maximum absolute atomic E-state index is 13.3. The van der Waals surface area contributed by atoms with Crippen molar-refractivity contribution in [1.29, 1.82) is 0 Å². The highest BCUT2D eigenvalue weighted by Crippen LogP contribution is 2.44. The number of carbonyl (C=O) groups is 1. The molecule has 5 heteroatoms. The van der Waals surface area contributed by atoms with Crippen LogP contribution in [0.15, 0.2) is 54.9 Å². The van der Waals surface area contributed by atoms with Crippen LogP contribution in [0, 0.1) is 0 Å². The van der Waals surface area contributed by atoms with Crippen LogP contribution >= 0.6 is 0 Å². The molecule has 1 aliphatic rings. The van der Waals surface area contributed by atoms with Gasteiger partial charge in [-0.25, -0.2) is 4.79 Å². The molecule has 28 heavy (non-hydrogen) atoms. The van der Waals surface area contributed by atoms with Gasteiger partial charge in [-0.2, -0.15) is 0 Å². The molecule has 1 aliphatic heterocycles. The maximum Gasteiger partial charge on any atom is 0.411 e. The molecule has 0 aliphatic carbocycles. The van der Waals surface area contributed by atoms with Crippen molar-refractivity contribution in [2.45, 2.75) is 51.2 Å². The van der Waals surface area contributed by atoms with E-state index in [1.54, 1.807) is 6.20 Å². The average Bonchev–Trinajstić information content (AvgIpc) is 3.15. The van der Waals surface area contributed by atoms with Crippen molar-refractivity contribution in [3.05, 3.63) is 66.1 Å². The number of pyridine rings is 1. The molecule has 1 aromatic carbocycles. The van der Waals surface area contributed by atoms with Gasteiger partial charge in [-0.05, 0) is 81.3 Å². The lowest BCUT2D eigenvalue weighted by molar-refractivity contribution is -0.00793. The van der Waals surface area contributed by atoms with Gasteiger partial charge in [0.2, 0.25) is 0 Å². The number of hydrogen-bond donors (Lipinski definition) is 1. The smallest absolute Gasteiger partial charge is 0.411 e. The molecule has 0 bridgehead atoms. The number of nitrogens with one attached hydrogen (secondary N) is 1. The molecule has 1 fully saturated rings. The van der Waals surface area contributed by atoms with E-state index < -0.39 is 11.1 Å². The lowest BCUT2D eigenvalue weighted by Gasteiger charge is -2.47. The quantitative estimate of drug-likeness (QED) is 0.665. The van der Waals surface area contributed by atoms with Gasteiger partial charge in [0, 0.05) is 24.5 Å². The Labute approximate surface area is 165 Å². The number of fused-ring (bicyclic) bond motifs is 1. The zero-order valence-electron chi connectivity index (χ0n) is 16.7. The first-order valence-electron chi connectivity index (χ1n) is 9.90. The van der Waals surface area contributed by atoms with Crippen molar-refractivity contribution in [2.24, 2.45) is 0 Å². The van der Waals surface area contributed by atoms with Crippen LogP contribution < -0.4 is 0 Å². The number of nitrogens with zero attached hydrogens (tertiary/aromatic N) is 2. The average molecular weight is 377 g/mol. The summed E-state index contributed by atoms with van der Waals surface area (Å²) < 4.78 is 5.80. The molecule has 3 heterocycles. The number of amides is 1. The fraction of sp³-hybridized carbons (Fsp3) is 0.391. The summed E-state index contributed by atoms with van der Waals surface area (Å²) in [7, 11) is 0. The number of rotatable bonds is 2. The Hall–Kier alpha value is -2.82. The third-order valence-electron chi connectivity index (χ3n) is 5.36. The van der Waals surface area contributed by atoms with Crippen molar-refractivity contribution in [3.8, 4) is 0 Å². The molecule has 1 amide bonds. The van der Waals surface area contributed by atoms with E-state index in [0.717, 1.165) is 41.4 Å². The molecule has 0 radical (unpaired) electrons. The van der Waals surface area contributed by atoms with E-state index in [2.05, 4.69) is 29.2 Å². The first-order chi connectivity index (χ1) is 13.4. The topological polar surface area (TPSA) is 58.2 Å². The Morgan fingerprint density at radius 2 is 2.04 bits per heavy atom. The molecule has 5 nitrogen and oxygen atoms in total. The van der Waals surface area contributed by atoms with Crippen LogP contribution in [0.4, 0.5) is 4.79 Å². The molecule has 146 valence electrons. The molecule has 1 saturated heterocycles. The normalized spacial score (nSPS) is 20.3. The van der Waals surface area contributed by atoms with Crippen LogP contribution in [-0.2, 0) is 10.3 Å². The Morgan fingerprint density at radius 1 is 1.18 bits per heavy atom.